The zero-order chi connectivity index (χ0) is 31.1. The summed E-state index contributed by atoms with van der Waals surface area (Å²) in [5.41, 5.74) is 1.05. The first-order chi connectivity index (χ1) is 21.6. The third kappa shape index (κ3) is 4.70. The summed E-state index contributed by atoms with van der Waals surface area (Å²) >= 11 is 0. The van der Waals surface area contributed by atoms with Gasteiger partial charge in [-0.3, -0.25) is 9.88 Å². The van der Waals surface area contributed by atoms with E-state index >= 15 is 4.39 Å². The number of hydrogen-bond acceptors (Lipinski definition) is 9. The fourth-order valence-electron chi connectivity index (χ4n) is 8.38. The Labute approximate surface area is 260 Å². The predicted molar refractivity (Wildman–Crippen MR) is 168 cm³/mol. The van der Waals surface area contributed by atoms with Gasteiger partial charge in [-0.1, -0.05) is 25.1 Å². The standard InChI is InChI=1S/C33H35F2N5O4S/c1-2-19-5-3-6-20-11-24(41)12-25(27(19)20)29-28(35)30-26(14-36-29)31(40-22-7-8-23(40)17-45(42,43)16-22)38-32(37-30)44-18-33-9-4-10-39(33)15-21(34)13-33/h3,5-6,11-12,14,21-23,41H,2,4,7-10,13,15-18H2,1H3/t21-,22?,23?,33+/m1/s1. The van der Waals surface area contributed by atoms with E-state index in [9.17, 15) is 17.9 Å². The number of halogens is 2. The van der Waals surface area contributed by atoms with Crippen LogP contribution in [0.1, 0.15) is 44.6 Å². The number of rotatable bonds is 6. The van der Waals surface area contributed by atoms with Crippen LogP contribution < -0.4 is 9.64 Å². The number of nitrogens with zero attached hydrogens (tertiary/aromatic N) is 5. The molecule has 2 unspecified atom stereocenters. The molecule has 4 fully saturated rings. The van der Waals surface area contributed by atoms with E-state index in [-0.39, 0.29) is 53.2 Å². The number of anilines is 1. The highest BCUT2D eigenvalue weighted by molar-refractivity contribution is 7.91. The summed E-state index contributed by atoms with van der Waals surface area (Å²) in [6, 6.07) is 8.32. The second-order valence-corrected chi connectivity index (χ2v) is 15.3. The monoisotopic (exact) mass is 635 g/mol. The normalized spacial score (nSPS) is 27.4. The minimum atomic E-state index is -3.21. The first-order valence-corrected chi connectivity index (χ1v) is 17.6. The van der Waals surface area contributed by atoms with Crippen LogP contribution in [0.2, 0.25) is 0 Å². The smallest absolute Gasteiger partial charge is 0.319 e. The van der Waals surface area contributed by atoms with Gasteiger partial charge in [-0.15, -0.1) is 0 Å². The predicted octanol–water partition coefficient (Wildman–Crippen LogP) is 4.97. The molecule has 0 radical (unpaired) electrons. The lowest BCUT2D eigenvalue weighted by atomic mass is 9.95. The van der Waals surface area contributed by atoms with Crippen LogP contribution >= 0.6 is 0 Å². The van der Waals surface area contributed by atoms with E-state index in [0.717, 1.165) is 35.7 Å². The van der Waals surface area contributed by atoms with E-state index in [0.29, 0.717) is 49.0 Å². The van der Waals surface area contributed by atoms with E-state index in [4.69, 9.17) is 9.72 Å². The highest BCUT2D eigenvalue weighted by atomic mass is 32.2. The minimum absolute atomic E-state index is 0.00418. The van der Waals surface area contributed by atoms with E-state index in [1.54, 1.807) is 12.3 Å². The molecule has 4 atom stereocenters. The zero-order valence-corrected chi connectivity index (χ0v) is 25.9. The number of aromatic nitrogens is 3. The number of sulfone groups is 1. The Kier molecular flexibility index (Phi) is 6.69. The fourth-order valence-corrected chi connectivity index (χ4v) is 10.3. The maximum Gasteiger partial charge on any atom is 0.319 e. The molecule has 12 heteroatoms. The first kappa shape index (κ1) is 28.8. The van der Waals surface area contributed by atoms with Crippen LogP contribution in [0.5, 0.6) is 11.8 Å². The molecule has 8 rings (SSSR count). The van der Waals surface area contributed by atoms with Gasteiger partial charge in [0.25, 0.3) is 0 Å². The van der Waals surface area contributed by atoms with E-state index < -0.39 is 27.4 Å². The molecule has 2 aromatic heterocycles. The van der Waals surface area contributed by atoms with Gasteiger partial charge in [-0.2, -0.15) is 9.97 Å². The Morgan fingerprint density at radius 1 is 1.16 bits per heavy atom. The van der Waals surface area contributed by atoms with Crippen molar-refractivity contribution in [3.63, 3.8) is 0 Å². The lowest BCUT2D eigenvalue weighted by molar-refractivity contribution is 0.107. The second-order valence-electron chi connectivity index (χ2n) is 13.1. The molecular weight excluding hydrogens is 600 g/mol. The van der Waals surface area contributed by atoms with Crippen molar-refractivity contribution < 1.29 is 27.0 Å². The number of phenols is 1. The first-order valence-electron chi connectivity index (χ1n) is 15.8. The van der Waals surface area contributed by atoms with Crippen LogP contribution in [-0.2, 0) is 16.3 Å². The molecule has 45 heavy (non-hydrogen) atoms. The van der Waals surface area contributed by atoms with Gasteiger partial charge in [0.2, 0.25) is 0 Å². The van der Waals surface area contributed by atoms with Crippen molar-refractivity contribution in [1.29, 1.82) is 0 Å². The van der Waals surface area contributed by atoms with Gasteiger partial charge in [-0.25, -0.2) is 17.2 Å². The minimum Gasteiger partial charge on any atom is -0.508 e. The number of phenolic OH excluding ortho intramolecular Hbond substituents is 1. The van der Waals surface area contributed by atoms with Crippen molar-refractivity contribution >= 4 is 37.3 Å². The van der Waals surface area contributed by atoms with Gasteiger partial charge in [0.15, 0.2) is 15.7 Å². The maximum atomic E-state index is 16.9. The lowest BCUT2D eigenvalue weighted by Crippen LogP contribution is -2.49. The van der Waals surface area contributed by atoms with Gasteiger partial charge in [0.05, 0.1) is 22.4 Å². The SMILES string of the molecule is CCc1cccc2cc(O)cc(-c3ncc4c(N5C6CCC5CS(=O)(=O)C6)nc(OC[C@@]56CCCN5C[C@H](F)C6)nc4c3F)c12. The molecule has 1 N–H and O–H groups in total. The fraction of sp³-hybridized carbons (Fsp3) is 0.485. The number of pyridine rings is 1. The number of aromatic hydroxyl groups is 1. The van der Waals surface area contributed by atoms with E-state index in [1.807, 2.05) is 30.0 Å². The van der Waals surface area contributed by atoms with Crippen LogP contribution in [0, 0.1) is 5.82 Å². The van der Waals surface area contributed by atoms with Crippen LogP contribution in [0.4, 0.5) is 14.6 Å². The Morgan fingerprint density at radius 3 is 2.73 bits per heavy atom. The quantitative estimate of drug-likeness (QED) is 0.314. The molecule has 6 heterocycles. The number of fused-ring (bicyclic) bond motifs is 5. The maximum absolute atomic E-state index is 16.9. The average Bonchev–Trinajstić information content (AvgIpc) is 3.62. The number of ether oxygens (including phenoxy) is 1. The molecule has 4 aromatic rings. The van der Waals surface area contributed by atoms with Crippen molar-refractivity contribution in [2.45, 2.75) is 69.2 Å². The molecule has 0 spiro atoms. The Hall–Kier alpha value is -3.64. The molecule has 4 aliphatic rings. The average molecular weight is 636 g/mol. The van der Waals surface area contributed by atoms with Crippen molar-refractivity contribution in [2.24, 2.45) is 0 Å². The van der Waals surface area contributed by atoms with Gasteiger partial charge < -0.3 is 14.7 Å². The number of alkyl halides is 1. The Balaban J connectivity index is 1.29. The third-order valence-corrected chi connectivity index (χ3v) is 12.1. The molecule has 4 aliphatic heterocycles. The van der Waals surface area contributed by atoms with E-state index in [2.05, 4.69) is 14.9 Å². The van der Waals surface area contributed by atoms with Crippen LogP contribution in [0.15, 0.2) is 36.5 Å². The summed E-state index contributed by atoms with van der Waals surface area (Å²) in [6.07, 6.45) is 4.81. The van der Waals surface area contributed by atoms with Crippen molar-refractivity contribution in [3.8, 4) is 23.0 Å². The van der Waals surface area contributed by atoms with Crippen molar-refractivity contribution in [3.05, 3.63) is 47.9 Å². The van der Waals surface area contributed by atoms with Gasteiger partial charge in [0, 0.05) is 36.8 Å². The summed E-state index contributed by atoms with van der Waals surface area (Å²) in [5.74, 6) is -0.273. The number of benzene rings is 2. The molecule has 2 aromatic carbocycles. The molecule has 0 saturated carbocycles. The molecule has 236 valence electrons. The van der Waals surface area contributed by atoms with Crippen molar-refractivity contribution in [1.82, 2.24) is 19.9 Å². The van der Waals surface area contributed by atoms with Crippen LogP contribution in [0.25, 0.3) is 32.9 Å². The van der Waals surface area contributed by atoms with E-state index in [1.165, 1.54) is 6.07 Å². The summed E-state index contributed by atoms with van der Waals surface area (Å²) < 4.78 is 62.8. The summed E-state index contributed by atoms with van der Waals surface area (Å²) in [4.78, 5) is 18.1. The molecule has 2 bridgehead atoms. The van der Waals surface area contributed by atoms with Gasteiger partial charge in [-0.05, 0) is 67.1 Å². The molecule has 0 aliphatic carbocycles. The molecular formula is C33H35F2N5O4S. The largest absolute Gasteiger partial charge is 0.508 e. The van der Waals surface area contributed by atoms with Gasteiger partial charge in [0.1, 0.15) is 35.6 Å². The number of hydrogen-bond donors (Lipinski definition) is 1. The highest BCUT2D eigenvalue weighted by Crippen LogP contribution is 2.43. The van der Waals surface area contributed by atoms with Crippen molar-refractivity contribution in [2.75, 3.05) is 36.1 Å². The second kappa shape index (κ2) is 10.4. The summed E-state index contributed by atoms with van der Waals surface area (Å²) in [6.45, 7) is 3.38. The molecule has 9 nitrogen and oxygen atoms in total. The van der Waals surface area contributed by atoms with Crippen LogP contribution in [-0.4, -0.2) is 88.4 Å². The zero-order valence-electron chi connectivity index (χ0n) is 25.0. The number of aryl methyl sites for hydroxylation is 1. The van der Waals surface area contributed by atoms with Crippen LogP contribution in [0.3, 0.4) is 0 Å². The lowest BCUT2D eigenvalue weighted by Gasteiger charge is -2.36. The summed E-state index contributed by atoms with van der Waals surface area (Å²) in [7, 11) is -3.21. The van der Waals surface area contributed by atoms with Gasteiger partial charge >= 0.3 is 6.01 Å². The molecule has 0 amide bonds. The Bertz CT molecular complexity index is 1940. The Morgan fingerprint density at radius 2 is 1.96 bits per heavy atom. The summed E-state index contributed by atoms with van der Waals surface area (Å²) in [5, 5.41) is 12.5. The topological polar surface area (TPSA) is 109 Å². The third-order valence-electron chi connectivity index (χ3n) is 10.3. The molecule has 4 saturated heterocycles. The highest BCUT2D eigenvalue weighted by Gasteiger charge is 2.50.